The third-order valence-corrected chi connectivity index (χ3v) is 6.18. The molecule has 0 unspecified atom stereocenters. The van der Waals surface area contributed by atoms with Gasteiger partial charge in [-0.15, -0.1) is 0 Å². The van der Waals surface area contributed by atoms with Gasteiger partial charge in [0.2, 0.25) is 15.9 Å². The van der Waals surface area contributed by atoms with Gasteiger partial charge in [-0.25, -0.2) is 8.42 Å². The lowest BCUT2D eigenvalue weighted by molar-refractivity contribution is -0.121. The van der Waals surface area contributed by atoms with Crippen LogP contribution >= 0.6 is 0 Å². The van der Waals surface area contributed by atoms with Crippen LogP contribution in [0.25, 0.3) is 0 Å². The predicted octanol–water partition coefficient (Wildman–Crippen LogP) is 1.43. The molecule has 1 aromatic carbocycles. The molecule has 0 bridgehead atoms. The smallest absolute Gasteiger partial charge is 0.243 e. The zero-order valence-corrected chi connectivity index (χ0v) is 15.3. The van der Waals surface area contributed by atoms with Crippen molar-refractivity contribution in [1.82, 2.24) is 14.5 Å². The van der Waals surface area contributed by atoms with Gasteiger partial charge in [0, 0.05) is 39.1 Å². The summed E-state index contributed by atoms with van der Waals surface area (Å²) in [6.07, 6.45) is 2.41. The van der Waals surface area contributed by atoms with Gasteiger partial charge in [-0.3, -0.25) is 4.79 Å². The molecule has 0 atom stereocenters. The quantitative estimate of drug-likeness (QED) is 0.805. The minimum Gasteiger partial charge on any atom is -0.352 e. The highest BCUT2D eigenvalue weighted by atomic mass is 32.2. The van der Waals surface area contributed by atoms with Gasteiger partial charge in [-0.1, -0.05) is 25.5 Å². The number of carbonyl (C=O) groups is 1. The van der Waals surface area contributed by atoms with E-state index in [0.717, 1.165) is 31.5 Å². The highest BCUT2D eigenvalue weighted by molar-refractivity contribution is 7.89. The van der Waals surface area contributed by atoms with E-state index in [-0.39, 0.29) is 5.91 Å². The van der Waals surface area contributed by atoms with Crippen LogP contribution < -0.4 is 5.32 Å². The molecule has 24 heavy (non-hydrogen) atoms. The Hall–Kier alpha value is -1.44. The van der Waals surface area contributed by atoms with Crippen LogP contribution in [0.3, 0.4) is 0 Å². The summed E-state index contributed by atoms with van der Waals surface area (Å²) in [5.74, 6) is 0.0333. The summed E-state index contributed by atoms with van der Waals surface area (Å²) in [7, 11) is -1.43. The average Bonchev–Trinajstić information content (AvgIpc) is 2.59. The Morgan fingerprint density at radius 1 is 1.12 bits per heavy atom. The predicted molar refractivity (Wildman–Crippen MR) is 94.1 cm³/mol. The van der Waals surface area contributed by atoms with E-state index in [9.17, 15) is 13.2 Å². The molecule has 7 heteroatoms. The molecule has 0 aliphatic carbocycles. The fourth-order valence-corrected chi connectivity index (χ4v) is 4.01. The number of amides is 1. The summed E-state index contributed by atoms with van der Waals surface area (Å²) in [5.41, 5.74) is 0.900. The van der Waals surface area contributed by atoms with E-state index in [1.165, 1.54) is 4.31 Å². The van der Waals surface area contributed by atoms with Gasteiger partial charge in [0.05, 0.1) is 4.90 Å². The second kappa shape index (κ2) is 8.60. The Kier molecular flexibility index (Phi) is 6.77. The van der Waals surface area contributed by atoms with E-state index in [1.807, 2.05) is 14.0 Å². The molecule has 2 rings (SSSR count). The fraction of sp³-hybridized carbons (Fsp3) is 0.588. The highest BCUT2D eigenvalue weighted by Gasteiger charge is 2.27. The normalized spacial score (nSPS) is 16.9. The van der Waals surface area contributed by atoms with Gasteiger partial charge in [-0.2, -0.15) is 4.31 Å². The number of nitrogens with zero attached hydrogens (tertiary/aromatic N) is 2. The number of nitrogens with one attached hydrogen (secondary N) is 1. The number of benzene rings is 1. The van der Waals surface area contributed by atoms with E-state index in [4.69, 9.17) is 0 Å². The molecule has 1 aliphatic rings. The van der Waals surface area contributed by atoms with Crippen molar-refractivity contribution in [3.8, 4) is 0 Å². The summed E-state index contributed by atoms with van der Waals surface area (Å²) in [4.78, 5) is 14.1. The Morgan fingerprint density at radius 3 is 2.33 bits per heavy atom. The maximum Gasteiger partial charge on any atom is 0.243 e. The topological polar surface area (TPSA) is 69.7 Å². The van der Waals surface area contributed by atoms with E-state index in [1.54, 1.807) is 24.3 Å². The molecule has 0 saturated carbocycles. The molecule has 1 aliphatic heterocycles. The number of hydrogen-bond acceptors (Lipinski definition) is 4. The van der Waals surface area contributed by atoms with Gasteiger partial charge in [0.25, 0.3) is 0 Å². The zero-order valence-electron chi connectivity index (χ0n) is 14.5. The zero-order chi connectivity index (χ0) is 17.6. The number of unbranched alkanes of at least 4 members (excludes halogenated alkanes) is 1. The van der Waals surface area contributed by atoms with Gasteiger partial charge in [0.15, 0.2) is 0 Å². The van der Waals surface area contributed by atoms with Gasteiger partial charge < -0.3 is 10.2 Å². The maximum absolute atomic E-state index is 12.6. The minimum atomic E-state index is -3.43. The molecular weight excluding hydrogens is 326 g/mol. The van der Waals surface area contributed by atoms with Crippen LogP contribution in [-0.4, -0.2) is 56.8 Å². The summed E-state index contributed by atoms with van der Waals surface area (Å²) in [6, 6.07) is 6.79. The first kappa shape index (κ1) is 18.9. The van der Waals surface area contributed by atoms with E-state index in [0.29, 0.717) is 31.0 Å². The number of sulfonamides is 1. The number of piperazine rings is 1. The van der Waals surface area contributed by atoms with Crippen LogP contribution in [-0.2, 0) is 21.4 Å². The van der Waals surface area contributed by atoms with Crippen LogP contribution in [0.2, 0.25) is 0 Å². The second-order valence-corrected chi connectivity index (χ2v) is 8.17. The first-order chi connectivity index (χ1) is 11.4. The lowest BCUT2D eigenvalue weighted by atomic mass is 10.2. The minimum absolute atomic E-state index is 0.0333. The van der Waals surface area contributed by atoms with Crippen molar-refractivity contribution in [2.75, 3.05) is 33.2 Å². The molecule has 1 N–H and O–H groups in total. The van der Waals surface area contributed by atoms with Crippen molar-refractivity contribution in [1.29, 1.82) is 0 Å². The van der Waals surface area contributed by atoms with Crippen molar-refractivity contribution in [3.05, 3.63) is 29.8 Å². The molecule has 1 amide bonds. The van der Waals surface area contributed by atoms with Gasteiger partial charge in [-0.05, 0) is 31.2 Å². The molecular formula is C17H27N3O3S. The summed E-state index contributed by atoms with van der Waals surface area (Å²) in [6.45, 7) is 5.02. The van der Waals surface area contributed by atoms with Crippen molar-refractivity contribution in [2.24, 2.45) is 0 Å². The lowest BCUT2D eigenvalue weighted by Gasteiger charge is -2.31. The van der Waals surface area contributed by atoms with Crippen molar-refractivity contribution in [2.45, 2.75) is 37.6 Å². The molecule has 1 fully saturated rings. The maximum atomic E-state index is 12.6. The van der Waals surface area contributed by atoms with Gasteiger partial charge in [0.1, 0.15) is 0 Å². The third-order valence-electron chi connectivity index (χ3n) is 4.27. The Balaban J connectivity index is 1.94. The number of rotatable bonds is 7. The molecule has 0 aromatic heterocycles. The van der Waals surface area contributed by atoms with Crippen LogP contribution in [0.15, 0.2) is 29.2 Å². The van der Waals surface area contributed by atoms with Crippen molar-refractivity contribution >= 4 is 15.9 Å². The van der Waals surface area contributed by atoms with Crippen LogP contribution in [0, 0.1) is 0 Å². The number of carbonyl (C=O) groups excluding carboxylic acids is 1. The highest BCUT2D eigenvalue weighted by Crippen LogP contribution is 2.18. The second-order valence-electron chi connectivity index (χ2n) is 6.23. The first-order valence-corrected chi connectivity index (χ1v) is 9.92. The Bertz CT molecular complexity index is 636. The summed E-state index contributed by atoms with van der Waals surface area (Å²) < 4.78 is 26.8. The molecule has 134 valence electrons. The summed E-state index contributed by atoms with van der Waals surface area (Å²) in [5, 5.41) is 2.86. The van der Waals surface area contributed by atoms with E-state index in [2.05, 4.69) is 10.2 Å². The lowest BCUT2D eigenvalue weighted by Crippen LogP contribution is -2.47. The summed E-state index contributed by atoms with van der Waals surface area (Å²) >= 11 is 0. The average molecular weight is 353 g/mol. The van der Waals surface area contributed by atoms with Crippen LogP contribution in [0.5, 0.6) is 0 Å². The monoisotopic (exact) mass is 353 g/mol. The van der Waals surface area contributed by atoms with Crippen LogP contribution in [0.1, 0.15) is 31.7 Å². The SMILES string of the molecule is CCCCC(=O)NCc1ccc(S(=O)(=O)N2CCN(C)CC2)cc1. The Labute approximate surface area is 144 Å². The van der Waals surface area contributed by atoms with E-state index < -0.39 is 10.0 Å². The molecule has 1 saturated heterocycles. The Morgan fingerprint density at radius 2 is 1.75 bits per heavy atom. The molecule has 0 spiro atoms. The molecule has 0 radical (unpaired) electrons. The van der Waals surface area contributed by atoms with Crippen LogP contribution in [0.4, 0.5) is 0 Å². The third kappa shape index (κ3) is 5.03. The number of hydrogen-bond donors (Lipinski definition) is 1. The standard InChI is InChI=1S/C17H27N3O3S/c1-3-4-5-17(21)18-14-15-6-8-16(9-7-15)24(22,23)20-12-10-19(2)11-13-20/h6-9H,3-5,10-14H2,1-2H3,(H,18,21). The number of likely N-dealkylation sites (N-methyl/N-ethyl adjacent to an activating group) is 1. The van der Waals surface area contributed by atoms with Crippen molar-refractivity contribution < 1.29 is 13.2 Å². The van der Waals surface area contributed by atoms with Crippen molar-refractivity contribution in [3.63, 3.8) is 0 Å². The molecule has 1 aromatic rings. The first-order valence-electron chi connectivity index (χ1n) is 8.48. The van der Waals surface area contributed by atoms with Gasteiger partial charge >= 0.3 is 0 Å². The fourth-order valence-electron chi connectivity index (χ4n) is 2.58. The largest absolute Gasteiger partial charge is 0.352 e. The molecule has 1 heterocycles. The van der Waals surface area contributed by atoms with E-state index >= 15 is 0 Å². The molecule has 6 nitrogen and oxygen atoms in total.